The van der Waals surface area contributed by atoms with Crippen molar-refractivity contribution in [1.29, 1.82) is 0 Å². The van der Waals surface area contributed by atoms with Crippen molar-refractivity contribution >= 4 is 43.1 Å². The molecule has 67 heavy (non-hydrogen) atoms. The third-order valence-electron chi connectivity index (χ3n) is 14.2. The lowest BCUT2D eigenvalue weighted by Gasteiger charge is -2.22. The Kier molecular flexibility index (Phi) is 8.88. The molecule has 0 bridgehead atoms. The van der Waals surface area contributed by atoms with Gasteiger partial charge in [-0.15, -0.1) is 0 Å². The van der Waals surface area contributed by atoms with Gasteiger partial charge in [0.05, 0.1) is 11.4 Å². The predicted octanol–water partition coefficient (Wildman–Crippen LogP) is 16.8. The summed E-state index contributed by atoms with van der Waals surface area (Å²) in [6.45, 7) is 4.67. The van der Waals surface area contributed by atoms with Crippen molar-refractivity contribution in [2.75, 3.05) is 0 Å². The quantitative estimate of drug-likeness (QED) is 0.156. The maximum Gasteiger partial charge on any atom is 0.160 e. The van der Waals surface area contributed by atoms with Crippen molar-refractivity contribution in [3.63, 3.8) is 0 Å². The van der Waals surface area contributed by atoms with Crippen molar-refractivity contribution in [2.24, 2.45) is 0 Å². The molecule has 0 amide bonds. The number of rotatable bonds is 6. The number of benzene rings is 10. The van der Waals surface area contributed by atoms with Gasteiger partial charge in [-0.1, -0.05) is 202 Å². The van der Waals surface area contributed by atoms with Crippen LogP contribution >= 0.6 is 0 Å². The van der Waals surface area contributed by atoms with Gasteiger partial charge in [-0.2, -0.15) is 0 Å². The van der Waals surface area contributed by atoms with E-state index in [0.717, 1.165) is 44.8 Å². The van der Waals surface area contributed by atoms with Crippen molar-refractivity contribution in [3.05, 3.63) is 236 Å². The maximum absolute atomic E-state index is 5.29. The van der Waals surface area contributed by atoms with Crippen LogP contribution in [0.2, 0.25) is 0 Å². The minimum absolute atomic E-state index is 0.0611. The number of aromatic nitrogens is 3. The van der Waals surface area contributed by atoms with E-state index in [9.17, 15) is 0 Å². The SMILES string of the molecule is CC1(C)c2ccccc2-c2ccc(-c3ccc(-c4nc(-c5ccc(-c6cccnc6)cc5)cc(-c5ccc(-c6cc7c8ccccc8c8ccccc8c7c7ccccc67)cc5)n4)cc3)cc21. The standard InChI is InChI=1S/C64H43N3/c1-64(2)58-20-10-9-17-52(58)53-34-33-46(36-59(53)64)40-23-31-45(32-24-40)63-66-60(43-27-21-41(22-28-43)47-12-11-35-65-39-47)38-61(67-63)44-29-25-42(26-30-44)56-37-57-50-15-4-3-13-48(50)49-14-5-7-18-54(49)62(57)55-19-8-6-16-51(55)56/h3-39H,1-2H3. The van der Waals surface area contributed by atoms with Crippen LogP contribution in [0, 0.1) is 0 Å². The van der Waals surface area contributed by atoms with Crippen LogP contribution in [-0.4, -0.2) is 15.0 Å². The van der Waals surface area contributed by atoms with Crippen molar-refractivity contribution < 1.29 is 0 Å². The van der Waals surface area contributed by atoms with Gasteiger partial charge in [0.25, 0.3) is 0 Å². The lowest BCUT2D eigenvalue weighted by molar-refractivity contribution is 0.660. The van der Waals surface area contributed by atoms with Crippen LogP contribution in [0.1, 0.15) is 25.0 Å². The van der Waals surface area contributed by atoms with Crippen LogP contribution in [0.3, 0.4) is 0 Å². The Morgan fingerprint density at radius 3 is 1.46 bits per heavy atom. The van der Waals surface area contributed by atoms with E-state index in [4.69, 9.17) is 9.97 Å². The highest BCUT2D eigenvalue weighted by molar-refractivity contribution is 6.33. The summed E-state index contributed by atoms with van der Waals surface area (Å²) in [5.74, 6) is 0.685. The monoisotopic (exact) mass is 853 g/mol. The van der Waals surface area contributed by atoms with Crippen LogP contribution in [-0.2, 0) is 5.41 Å². The molecule has 314 valence electrons. The first-order valence-corrected chi connectivity index (χ1v) is 23.1. The van der Waals surface area contributed by atoms with E-state index < -0.39 is 0 Å². The average molecular weight is 854 g/mol. The lowest BCUT2D eigenvalue weighted by atomic mass is 9.81. The molecule has 0 fully saturated rings. The van der Waals surface area contributed by atoms with Gasteiger partial charge >= 0.3 is 0 Å². The molecule has 10 aromatic carbocycles. The van der Waals surface area contributed by atoms with E-state index >= 15 is 0 Å². The third-order valence-corrected chi connectivity index (χ3v) is 14.2. The molecule has 3 heteroatoms. The van der Waals surface area contributed by atoms with Gasteiger partial charge in [-0.25, -0.2) is 9.97 Å². The molecule has 2 aromatic heterocycles. The largest absolute Gasteiger partial charge is 0.264 e. The zero-order chi connectivity index (χ0) is 44.6. The Labute approximate surface area is 389 Å². The van der Waals surface area contributed by atoms with E-state index in [1.165, 1.54) is 82.0 Å². The minimum atomic E-state index is -0.0611. The molecule has 0 aliphatic heterocycles. The molecule has 1 aliphatic rings. The summed E-state index contributed by atoms with van der Waals surface area (Å²) in [5.41, 5.74) is 17.0. The molecule has 3 nitrogen and oxygen atoms in total. The highest BCUT2D eigenvalue weighted by atomic mass is 14.9. The summed E-state index contributed by atoms with van der Waals surface area (Å²) in [6.07, 6.45) is 3.70. The minimum Gasteiger partial charge on any atom is -0.264 e. The Morgan fingerprint density at radius 1 is 0.313 bits per heavy atom. The molecule has 0 atom stereocenters. The summed E-state index contributed by atoms with van der Waals surface area (Å²) < 4.78 is 0. The normalized spacial score (nSPS) is 12.7. The fourth-order valence-corrected chi connectivity index (χ4v) is 10.8. The Balaban J connectivity index is 0.906. The molecular weight excluding hydrogens is 811 g/mol. The predicted molar refractivity (Wildman–Crippen MR) is 280 cm³/mol. The molecule has 0 N–H and O–H groups in total. The topological polar surface area (TPSA) is 38.7 Å². The summed E-state index contributed by atoms with van der Waals surface area (Å²) >= 11 is 0. The van der Waals surface area contributed by atoms with Crippen LogP contribution in [0.25, 0.3) is 122 Å². The number of nitrogens with zero attached hydrogens (tertiary/aromatic N) is 3. The second-order valence-electron chi connectivity index (χ2n) is 18.4. The highest BCUT2D eigenvalue weighted by Crippen LogP contribution is 2.50. The molecule has 12 aromatic rings. The molecule has 1 aliphatic carbocycles. The third kappa shape index (κ3) is 6.38. The first-order chi connectivity index (χ1) is 33.0. The zero-order valence-electron chi connectivity index (χ0n) is 37.2. The van der Waals surface area contributed by atoms with E-state index in [-0.39, 0.29) is 5.41 Å². The molecule has 0 unspecified atom stereocenters. The Morgan fingerprint density at radius 2 is 0.806 bits per heavy atom. The van der Waals surface area contributed by atoms with Gasteiger partial charge in [-0.3, -0.25) is 4.98 Å². The van der Waals surface area contributed by atoms with Gasteiger partial charge < -0.3 is 0 Å². The summed E-state index contributed by atoms with van der Waals surface area (Å²) in [5, 5.41) is 10.2. The van der Waals surface area contributed by atoms with E-state index in [0.29, 0.717) is 5.82 Å². The smallest absolute Gasteiger partial charge is 0.160 e. The second-order valence-corrected chi connectivity index (χ2v) is 18.4. The van der Waals surface area contributed by atoms with Crippen molar-refractivity contribution in [3.8, 4) is 78.4 Å². The van der Waals surface area contributed by atoms with Gasteiger partial charge in [0.2, 0.25) is 0 Å². The average Bonchev–Trinajstić information content (AvgIpc) is 3.63. The van der Waals surface area contributed by atoms with Crippen LogP contribution in [0.4, 0.5) is 0 Å². The van der Waals surface area contributed by atoms with Crippen LogP contribution in [0.5, 0.6) is 0 Å². The van der Waals surface area contributed by atoms with Crippen molar-refractivity contribution in [2.45, 2.75) is 19.3 Å². The summed E-state index contributed by atoms with van der Waals surface area (Å²) in [6, 6.07) is 77.1. The number of hydrogen-bond acceptors (Lipinski definition) is 3. The summed E-state index contributed by atoms with van der Waals surface area (Å²) in [7, 11) is 0. The van der Waals surface area contributed by atoms with Gasteiger partial charge in [-0.05, 0) is 123 Å². The van der Waals surface area contributed by atoms with Gasteiger partial charge in [0.15, 0.2) is 5.82 Å². The van der Waals surface area contributed by atoms with Crippen LogP contribution < -0.4 is 0 Å². The number of pyridine rings is 1. The van der Waals surface area contributed by atoms with Gasteiger partial charge in [0, 0.05) is 34.5 Å². The van der Waals surface area contributed by atoms with Crippen LogP contribution in [0.15, 0.2) is 225 Å². The first kappa shape index (κ1) is 38.9. The zero-order valence-corrected chi connectivity index (χ0v) is 37.2. The maximum atomic E-state index is 5.29. The molecule has 0 radical (unpaired) electrons. The fourth-order valence-electron chi connectivity index (χ4n) is 10.8. The number of hydrogen-bond donors (Lipinski definition) is 0. The van der Waals surface area contributed by atoms with E-state index in [1.807, 2.05) is 12.3 Å². The lowest BCUT2D eigenvalue weighted by Crippen LogP contribution is -2.14. The van der Waals surface area contributed by atoms with E-state index in [2.05, 4.69) is 225 Å². The molecular formula is C64H43N3. The number of fused-ring (bicyclic) bond motifs is 11. The summed E-state index contributed by atoms with van der Waals surface area (Å²) in [4.78, 5) is 14.9. The molecule has 2 heterocycles. The Hall–Kier alpha value is -8.53. The molecule has 0 saturated heterocycles. The molecule has 0 spiro atoms. The van der Waals surface area contributed by atoms with E-state index in [1.54, 1.807) is 6.20 Å². The molecule has 0 saturated carbocycles. The fraction of sp³-hybridized carbons (Fsp3) is 0.0469. The highest BCUT2D eigenvalue weighted by Gasteiger charge is 2.35. The second kappa shape index (κ2) is 15.3. The molecule has 13 rings (SSSR count). The first-order valence-electron chi connectivity index (χ1n) is 23.1. The Bertz CT molecular complexity index is 3910. The van der Waals surface area contributed by atoms with Gasteiger partial charge in [0.1, 0.15) is 0 Å². The van der Waals surface area contributed by atoms with Crippen molar-refractivity contribution in [1.82, 2.24) is 15.0 Å².